The third-order valence-corrected chi connectivity index (χ3v) is 4.02. The molecule has 0 fully saturated rings. The molecule has 8 nitrogen and oxygen atoms in total. The molecule has 2 aromatic rings. The Balaban J connectivity index is 1.99. The molecule has 8 heteroatoms. The van der Waals surface area contributed by atoms with E-state index in [4.69, 9.17) is 9.15 Å². The smallest absolute Gasteiger partial charge is 0.374 e. The summed E-state index contributed by atoms with van der Waals surface area (Å²) in [6, 6.07) is 8.79. The molecule has 156 valence electrons. The number of nitro groups is 1. The highest BCUT2D eigenvalue weighted by Crippen LogP contribution is 2.24. The lowest BCUT2D eigenvalue weighted by molar-refractivity contribution is -0.384. The Hall–Kier alpha value is -3.16. The van der Waals surface area contributed by atoms with Crippen molar-refractivity contribution in [1.82, 2.24) is 4.90 Å². The van der Waals surface area contributed by atoms with E-state index in [2.05, 4.69) is 0 Å². The van der Waals surface area contributed by atoms with Gasteiger partial charge >= 0.3 is 5.97 Å². The minimum absolute atomic E-state index is 0.0363. The van der Waals surface area contributed by atoms with Crippen molar-refractivity contribution >= 4 is 17.6 Å². The molecule has 2 rings (SSSR count). The van der Waals surface area contributed by atoms with Crippen LogP contribution in [0, 0.1) is 22.0 Å². The number of non-ortho nitro benzene ring substituents is 1. The average Bonchev–Trinajstić information content (AvgIpc) is 3.15. The first-order chi connectivity index (χ1) is 13.7. The maximum atomic E-state index is 12.4. The number of carbonyl (C=O) groups excluding carboxylic acids is 2. The second kappa shape index (κ2) is 9.86. The fourth-order valence-electron chi connectivity index (χ4n) is 2.80. The fraction of sp³-hybridized carbons (Fsp3) is 0.429. The van der Waals surface area contributed by atoms with Crippen LogP contribution >= 0.6 is 0 Å². The van der Waals surface area contributed by atoms with Gasteiger partial charge in [-0.05, 0) is 36.1 Å². The first-order valence-corrected chi connectivity index (χ1v) is 9.47. The molecular formula is C21H26N2O6. The average molecular weight is 402 g/mol. The van der Waals surface area contributed by atoms with E-state index in [1.165, 1.54) is 30.3 Å². The molecule has 0 spiro atoms. The highest BCUT2D eigenvalue weighted by atomic mass is 16.6. The first-order valence-electron chi connectivity index (χ1n) is 9.47. The molecule has 29 heavy (non-hydrogen) atoms. The molecule has 1 heterocycles. The third-order valence-electron chi connectivity index (χ3n) is 4.02. The van der Waals surface area contributed by atoms with Gasteiger partial charge in [-0.25, -0.2) is 4.79 Å². The van der Waals surface area contributed by atoms with Gasteiger partial charge < -0.3 is 14.1 Å². The van der Waals surface area contributed by atoms with Crippen molar-refractivity contribution in [1.29, 1.82) is 0 Å². The zero-order valence-electron chi connectivity index (χ0n) is 17.1. The summed E-state index contributed by atoms with van der Waals surface area (Å²) in [5.74, 6) is -0.0289. The Morgan fingerprint density at radius 3 is 2.14 bits per heavy atom. The molecule has 1 aromatic heterocycles. The molecule has 0 atom stereocenters. The molecule has 0 aliphatic rings. The van der Waals surface area contributed by atoms with Crippen molar-refractivity contribution in [2.45, 2.75) is 27.7 Å². The largest absolute Gasteiger partial charge is 0.450 e. The van der Waals surface area contributed by atoms with E-state index in [1.54, 1.807) is 11.0 Å². The molecule has 0 aliphatic heterocycles. The van der Waals surface area contributed by atoms with Gasteiger partial charge in [0.05, 0.1) is 4.92 Å². The number of carbonyl (C=O) groups is 2. The van der Waals surface area contributed by atoms with Crippen LogP contribution in [-0.4, -0.2) is 41.4 Å². The Morgan fingerprint density at radius 2 is 1.62 bits per heavy atom. The molecule has 0 saturated carbocycles. The summed E-state index contributed by atoms with van der Waals surface area (Å²) in [5.41, 5.74) is 0.552. The summed E-state index contributed by atoms with van der Waals surface area (Å²) in [7, 11) is 0. The van der Waals surface area contributed by atoms with Crippen molar-refractivity contribution in [3.63, 3.8) is 0 Å². The summed E-state index contributed by atoms with van der Waals surface area (Å²) in [6.45, 7) is 8.93. The molecule has 0 unspecified atom stereocenters. The maximum absolute atomic E-state index is 12.4. The highest BCUT2D eigenvalue weighted by Gasteiger charge is 2.20. The number of benzene rings is 1. The van der Waals surface area contributed by atoms with Crippen LogP contribution < -0.4 is 0 Å². The lowest BCUT2D eigenvalue weighted by Gasteiger charge is -2.26. The van der Waals surface area contributed by atoms with Gasteiger partial charge in [0, 0.05) is 30.8 Å². The molecule has 1 aromatic carbocycles. The molecule has 0 bridgehead atoms. The monoisotopic (exact) mass is 402 g/mol. The van der Waals surface area contributed by atoms with E-state index >= 15 is 0 Å². The predicted octanol–water partition coefficient (Wildman–Crippen LogP) is 4.15. The lowest BCUT2D eigenvalue weighted by atomic mass is 10.1. The Bertz CT molecular complexity index is 844. The number of amides is 1. The van der Waals surface area contributed by atoms with Crippen molar-refractivity contribution in [3.05, 3.63) is 52.3 Å². The van der Waals surface area contributed by atoms with E-state index in [-0.39, 0.29) is 24.0 Å². The zero-order valence-corrected chi connectivity index (χ0v) is 17.1. The number of hydrogen-bond acceptors (Lipinski definition) is 6. The number of esters is 1. The van der Waals surface area contributed by atoms with E-state index in [0.717, 1.165) is 0 Å². The minimum atomic E-state index is -0.736. The van der Waals surface area contributed by atoms with Crippen LogP contribution in [0.5, 0.6) is 0 Å². The SMILES string of the molecule is CC(C)CN(CC(C)C)C(=O)COC(=O)c1ccc(-c2ccc([N+](=O)[O-])cc2)o1. The standard InChI is InChI=1S/C21H26N2O6/c1-14(2)11-22(12-15(3)4)20(24)13-28-21(25)19-10-9-18(29-19)16-5-7-17(8-6-16)23(26)27/h5-10,14-15H,11-13H2,1-4H3. The van der Waals surface area contributed by atoms with E-state index in [9.17, 15) is 19.7 Å². The third kappa shape index (κ3) is 6.44. The van der Waals surface area contributed by atoms with Gasteiger partial charge in [-0.3, -0.25) is 14.9 Å². The number of ether oxygens (including phenoxy) is 1. The van der Waals surface area contributed by atoms with Gasteiger partial charge in [0.2, 0.25) is 5.76 Å². The predicted molar refractivity (Wildman–Crippen MR) is 107 cm³/mol. The van der Waals surface area contributed by atoms with Gasteiger partial charge in [-0.1, -0.05) is 27.7 Å². The topological polar surface area (TPSA) is 103 Å². The molecular weight excluding hydrogens is 376 g/mol. The van der Waals surface area contributed by atoms with Crippen LogP contribution in [0.2, 0.25) is 0 Å². The Kier molecular flexibility index (Phi) is 7.52. The van der Waals surface area contributed by atoms with E-state index in [0.29, 0.717) is 36.2 Å². The van der Waals surface area contributed by atoms with Crippen LogP contribution in [0.4, 0.5) is 5.69 Å². The van der Waals surface area contributed by atoms with Gasteiger partial charge in [0.15, 0.2) is 6.61 Å². The maximum Gasteiger partial charge on any atom is 0.374 e. The van der Waals surface area contributed by atoms with Gasteiger partial charge in [-0.2, -0.15) is 0 Å². The molecule has 0 aliphatic carbocycles. The molecule has 0 radical (unpaired) electrons. The first kappa shape index (κ1) is 22.1. The van der Waals surface area contributed by atoms with E-state index in [1.807, 2.05) is 27.7 Å². The summed E-state index contributed by atoms with van der Waals surface area (Å²) in [4.78, 5) is 36.6. The zero-order chi connectivity index (χ0) is 21.6. The van der Waals surface area contributed by atoms with Gasteiger partial charge in [0.25, 0.3) is 11.6 Å². The van der Waals surface area contributed by atoms with Crippen molar-refractivity contribution in [2.24, 2.45) is 11.8 Å². The minimum Gasteiger partial charge on any atom is -0.450 e. The normalized spacial score (nSPS) is 11.0. The van der Waals surface area contributed by atoms with Crippen LogP contribution in [0.3, 0.4) is 0 Å². The lowest BCUT2D eigenvalue weighted by Crippen LogP contribution is -2.39. The van der Waals surface area contributed by atoms with Crippen molar-refractivity contribution in [2.75, 3.05) is 19.7 Å². The molecule has 1 amide bonds. The molecule has 0 saturated heterocycles. The fourth-order valence-corrected chi connectivity index (χ4v) is 2.80. The number of rotatable bonds is 9. The summed E-state index contributed by atoms with van der Waals surface area (Å²) in [5, 5.41) is 10.7. The summed E-state index contributed by atoms with van der Waals surface area (Å²) in [6.07, 6.45) is 0. The molecule has 0 N–H and O–H groups in total. The van der Waals surface area contributed by atoms with Gasteiger partial charge in [0.1, 0.15) is 5.76 Å². The van der Waals surface area contributed by atoms with Crippen LogP contribution in [0.15, 0.2) is 40.8 Å². The second-order valence-electron chi connectivity index (χ2n) is 7.63. The van der Waals surface area contributed by atoms with Crippen molar-refractivity contribution < 1.29 is 23.7 Å². The van der Waals surface area contributed by atoms with Gasteiger partial charge in [-0.15, -0.1) is 0 Å². The number of hydrogen-bond donors (Lipinski definition) is 0. The van der Waals surface area contributed by atoms with Crippen LogP contribution in [-0.2, 0) is 9.53 Å². The number of nitro benzene ring substituents is 1. The summed E-state index contributed by atoms with van der Waals surface area (Å²) < 4.78 is 10.6. The van der Waals surface area contributed by atoms with Crippen LogP contribution in [0.1, 0.15) is 38.2 Å². The van der Waals surface area contributed by atoms with Crippen LogP contribution in [0.25, 0.3) is 11.3 Å². The van der Waals surface area contributed by atoms with E-state index < -0.39 is 10.9 Å². The number of furan rings is 1. The summed E-state index contributed by atoms with van der Waals surface area (Å²) >= 11 is 0. The Labute approximate surface area is 169 Å². The quantitative estimate of drug-likeness (QED) is 0.355. The Morgan fingerprint density at radius 1 is 1.03 bits per heavy atom. The van der Waals surface area contributed by atoms with Crippen molar-refractivity contribution in [3.8, 4) is 11.3 Å². The second-order valence-corrected chi connectivity index (χ2v) is 7.63. The highest BCUT2D eigenvalue weighted by molar-refractivity contribution is 5.89. The number of nitrogens with zero attached hydrogens (tertiary/aromatic N) is 2.